The highest BCUT2D eigenvalue weighted by molar-refractivity contribution is 5.40. The molecular weight excluding hydrogens is 248 g/mol. The molecule has 0 aromatic heterocycles. The van der Waals surface area contributed by atoms with Crippen molar-refractivity contribution in [1.82, 2.24) is 0 Å². The van der Waals surface area contributed by atoms with Gasteiger partial charge in [0.05, 0.1) is 6.10 Å². The Morgan fingerprint density at radius 1 is 1.20 bits per heavy atom. The third-order valence-electron chi connectivity index (χ3n) is 6.18. The van der Waals surface area contributed by atoms with Gasteiger partial charge in [-0.15, -0.1) is 0 Å². The van der Waals surface area contributed by atoms with Gasteiger partial charge in [0, 0.05) is 5.41 Å². The largest absolute Gasteiger partial charge is 0.508 e. The topological polar surface area (TPSA) is 40.5 Å². The van der Waals surface area contributed by atoms with Gasteiger partial charge in [0.2, 0.25) is 0 Å². The molecule has 2 nitrogen and oxygen atoms in total. The van der Waals surface area contributed by atoms with Crippen LogP contribution in [0.5, 0.6) is 5.75 Å². The summed E-state index contributed by atoms with van der Waals surface area (Å²) in [6.07, 6.45) is 8.50. The van der Waals surface area contributed by atoms with Crippen LogP contribution >= 0.6 is 0 Å². The minimum absolute atomic E-state index is 0.0512. The monoisotopic (exact) mass is 270 g/mol. The highest BCUT2D eigenvalue weighted by atomic mass is 16.3. The summed E-state index contributed by atoms with van der Waals surface area (Å²) in [4.78, 5) is 0. The molecule has 0 heterocycles. The van der Waals surface area contributed by atoms with E-state index in [0.717, 1.165) is 19.3 Å². The van der Waals surface area contributed by atoms with E-state index >= 15 is 0 Å². The van der Waals surface area contributed by atoms with Crippen LogP contribution in [0.1, 0.15) is 43.2 Å². The van der Waals surface area contributed by atoms with Crippen molar-refractivity contribution < 1.29 is 10.2 Å². The van der Waals surface area contributed by atoms with Gasteiger partial charge < -0.3 is 10.2 Å². The second kappa shape index (κ2) is 4.11. The molecule has 0 spiro atoms. The predicted molar refractivity (Wildman–Crippen MR) is 78.6 cm³/mol. The third-order valence-corrected chi connectivity index (χ3v) is 6.18. The van der Waals surface area contributed by atoms with Gasteiger partial charge in [-0.25, -0.2) is 0 Å². The number of aliphatic hydroxyl groups is 1. The number of aliphatic hydroxyl groups excluding tert-OH is 1. The number of phenolic OH excluding ortho intramolecular Hbond substituents is 1. The second-order valence-electron chi connectivity index (χ2n) is 7.09. The van der Waals surface area contributed by atoms with Crippen molar-refractivity contribution in [3.8, 4) is 5.75 Å². The predicted octanol–water partition coefficient (Wildman–Crippen LogP) is 3.39. The molecule has 3 aliphatic rings. The first kappa shape index (κ1) is 12.5. The molecule has 1 aromatic rings. The molecule has 3 aliphatic carbocycles. The maximum atomic E-state index is 10.3. The van der Waals surface area contributed by atoms with E-state index in [4.69, 9.17) is 0 Å². The maximum absolute atomic E-state index is 10.3. The zero-order valence-corrected chi connectivity index (χ0v) is 11.9. The quantitative estimate of drug-likeness (QED) is 0.709. The molecule has 20 heavy (non-hydrogen) atoms. The van der Waals surface area contributed by atoms with Crippen LogP contribution in [0.2, 0.25) is 0 Å². The van der Waals surface area contributed by atoms with Crippen LogP contribution in [0.15, 0.2) is 30.4 Å². The van der Waals surface area contributed by atoms with E-state index in [2.05, 4.69) is 19.1 Å². The van der Waals surface area contributed by atoms with Crippen LogP contribution in [-0.2, 0) is 6.42 Å². The fourth-order valence-corrected chi connectivity index (χ4v) is 5.00. The summed E-state index contributed by atoms with van der Waals surface area (Å²) >= 11 is 0. The number of aromatic hydroxyl groups is 1. The Hall–Kier alpha value is -1.28. The van der Waals surface area contributed by atoms with Crippen molar-refractivity contribution in [3.63, 3.8) is 0 Å². The number of benzene rings is 1. The van der Waals surface area contributed by atoms with Crippen molar-refractivity contribution in [2.75, 3.05) is 0 Å². The number of phenols is 1. The van der Waals surface area contributed by atoms with E-state index in [-0.39, 0.29) is 11.5 Å². The zero-order chi connectivity index (χ0) is 13.9. The second-order valence-corrected chi connectivity index (χ2v) is 7.09. The summed E-state index contributed by atoms with van der Waals surface area (Å²) < 4.78 is 0. The van der Waals surface area contributed by atoms with E-state index in [1.54, 1.807) is 0 Å². The molecule has 0 saturated heterocycles. The summed E-state index contributed by atoms with van der Waals surface area (Å²) in [5, 5.41) is 20.0. The maximum Gasteiger partial charge on any atom is 0.115 e. The van der Waals surface area contributed by atoms with E-state index in [1.165, 1.54) is 17.5 Å². The Morgan fingerprint density at radius 3 is 2.90 bits per heavy atom. The smallest absolute Gasteiger partial charge is 0.115 e. The van der Waals surface area contributed by atoms with Crippen molar-refractivity contribution in [2.45, 2.75) is 44.6 Å². The Labute approximate surface area is 120 Å². The summed E-state index contributed by atoms with van der Waals surface area (Å²) in [5.74, 6) is 2.16. The molecule has 4 rings (SSSR count). The average molecular weight is 270 g/mol. The van der Waals surface area contributed by atoms with Gasteiger partial charge in [-0.05, 0) is 66.7 Å². The van der Waals surface area contributed by atoms with Crippen molar-refractivity contribution >= 4 is 0 Å². The number of fused-ring (bicyclic) bond motifs is 5. The fraction of sp³-hybridized carbons (Fsp3) is 0.556. The number of allylic oxidation sites excluding steroid dienone is 1. The average Bonchev–Trinajstić information content (AvgIpc) is 2.74. The summed E-state index contributed by atoms with van der Waals surface area (Å²) in [7, 11) is 0. The summed E-state index contributed by atoms with van der Waals surface area (Å²) in [6.45, 7) is 2.25. The summed E-state index contributed by atoms with van der Waals surface area (Å²) in [5.41, 5.74) is 2.82. The van der Waals surface area contributed by atoms with Crippen molar-refractivity contribution in [2.24, 2.45) is 17.3 Å². The SMILES string of the molecule is C[C@]12CC[C@@H]3c4ccc(O)cc4CC[C@H]3[C@@H]1C=CC2O. The molecule has 0 aliphatic heterocycles. The molecule has 1 unspecified atom stereocenters. The van der Waals surface area contributed by atoms with Crippen LogP contribution in [0.3, 0.4) is 0 Å². The zero-order valence-electron chi connectivity index (χ0n) is 11.9. The summed E-state index contributed by atoms with van der Waals surface area (Å²) in [6, 6.07) is 5.90. The molecule has 2 N–H and O–H groups in total. The highest BCUT2D eigenvalue weighted by Crippen LogP contribution is 2.58. The number of hydrogen-bond acceptors (Lipinski definition) is 2. The lowest BCUT2D eigenvalue weighted by atomic mass is 9.55. The van der Waals surface area contributed by atoms with Crippen LogP contribution in [-0.4, -0.2) is 16.3 Å². The minimum atomic E-state index is -0.269. The molecule has 0 amide bonds. The van der Waals surface area contributed by atoms with Crippen LogP contribution in [0, 0.1) is 17.3 Å². The van der Waals surface area contributed by atoms with Gasteiger partial charge in [-0.2, -0.15) is 0 Å². The Balaban J connectivity index is 1.73. The lowest BCUT2D eigenvalue weighted by molar-refractivity contribution is -0.0101. The third kappa shape index (κ3) is 1.54. The van der Waals surface area contributed by atoms with Crippen LogP contribution in [0.25, 0.3) is 0 Å². The van der Waals surface area contributed by atoms with Crippen molar-refractivity contribution in [1.29, 1.82) is 0 Å². The van der Waals surface area contributed by atoms with Gasteiger partial charge in [0.15, 0.2) is 0 Å². The van der Waals surface area contributed by atoms with E-state index in [0.29, 0.717) is 23.5 Å². The Morgan fingerprint density at radius 2 is 2.05 bits per heavy atom. The van der Waals surface area contributed by atoms with Gasteiger partial charge in [0.1, 0.15) is 5.75 Å². The molecular formula is C18H22O2. The van der Waals surface area contributed by atoms with Crippen molar-refractivity contribution in [3.05, 3.63) is 41.5 Å². The molecule has 106 valence electrons. The highest BCUT2D eigenvalue weighted by Gasteiger charge is 2.52. The fourth-order valence-electron chi connectivity index (χ4n) is 5.00. The molecule has 5 atom stereocenters. The van der Waals surface area contributed by atoms with Crippen LogP contribution in [0.4, 0.5) is 0 Å². The van der Waals surface area contributed by atoms with Gasteiger partial charge >= 0.3 is 0 Å². The lowest BCUT2D eigenvalue weighted by Crippen LogP contribution is -2.44. The number of hydrogen-bond donors (Lipinski definition) is 2. The Bertz CT molecular complexity index is 577. The lowest BCUT2D eigenvalue weighted by Gasteiger charge is -2.50. The molecule has 0 radical (unpaired) electrons. The standard InChI is InChI=1S/C18H22O2/c1-18-9-8-14-13-5-3-12(19)10-11(13)2-4-15(14)16(18)6-7-17(18)20/h3,5-7,10,14-17,19-20H,2,4,8-9H2,1H3/t14-,15-,16+,17?,18+/m1/s1. The first-order valence-electron chi connectivity index (χ1n) is 7.78. The molecule has 1 fully saturated rings. The molecule has 2 heteroatoms. The molecule has 0 bridgehead atoms. The van der Waals surface area contributed by atoms with Gasteiger partial charge in [0.25, 0.3) is 0 Å². The van der Waals surface area contributed by atoms with Gasteiger partial charge in [-0.3, -0.25) is 0 Å². The first-order chi connectivity index (χ1) is 9.59. The first-order valence-corrected chi connectivity index (χ1v) is 7.78. The van der Waals surface area contributed by atoms with Gasteiger partial charge in [-0.1, -0.05) is 25.1 Å². The molecule has 1 aromatic carbocycles. The van der Waals surface area contributed by atoms with Crippen LogP contribution < -0.4 is 0 Å². The van der Waals surface area contributed by atoms with E-state index in [9.17, 15) is 10.2 Å². The number of aryl methyl sites for hydroxylation is 1. The normalized spacial score (nSPS) is 41.9. The van der Waals surface area contributed by atoms with E-state index < -0.39 is 0 Å². The Kier molecular flexibility index (Phi) is 2.56. The number of rotatable bonds is 0. The molecule has 1 saturated carbocycles. The minimum Gasteiger partial charge on any atom is -0.508 e. The van der Waals surface area contributed by atoms with E-state index in [1.807, 2.05) is 18.2 Å².